The molecule has 1 saturated heterocycles. The van der Waals surface area contributed by atoms with Crippen LogP contribution in [-0.4, -0.2) is 47.3 Å². The van der Waals surface area contributed by atoms with E-state index in [4.69, 9.17) is 9.84 Å². The van der Waals surface area contributed by atoms with Gasteiger partial charge in [0.05, 0.1) is 24.4 Å². The first kappa shape index (κ1) is 15.2. The molecular weight excluding hydrogens is 279 g/mol. The summed E-state index contributed by atoms with van der Waals surface area (Å²) in [5.41, 5.74) is -1.07. The Bertz CT molecular complexity index is 574. The van der Waals surface area contributed by atoms with Crippen LogP contribution in [0.3, 0.4) is 0 Å². The summed E-state index contributed by atoms with van der Waals surface area (Å²) in [6.07, 6.45) is 0. The Morgan fingerprint density at radius 2 is 2.14 bits per heavy atom. The van der Waals surface area contributed by atoms with E-state index in [2.05, 4.69) is 5.32 Å². The topological polar surface area (TPSA) is 78.9 Å². The maximum absolute atomic E-state index is 13.6. The second-order valence-electron chi connectivity index (χ2n) is 5.43. The molecule has 1 heterocycles. The molecule has 0 unspecified atom stereocenters. The highest BCUT2D eigenvalue weighted by molar-refractivity contribution is 6.00. The molecule has 0 aliphatic carbocycles. The SMILES string of the molecule is CC1(C)CN(C(=O)Nc2cccc(F)c2C(=O)O)CCO1. The molecule has 0 saturated carbocycles. The van der Waals surface area contributed by atoms with Gasteiger partial charge in [-0.3, -0.25) is 0 Å². The number of ether oxygens (including phenoxy) is 1. The second-order valence-corrected chi connectivity index (χ2v) is 5.43. The first-order chi connectivity index (χ1) is 9.80. The van der Waals surface area contributed by atoms with Gasteiger partial charge in [0.15, 0.2) is 0 Å². The first-order valence-electron chi connectivity index (χ1n) is 6.52. The van der Waals surface area contributed by atoms with E-state index >= 15 is 0 Å². The maximum atomic E-state index is 13.6. The second kappa shape index (κ2) is 5.69. The van der Waals surface area contributed by atoms with Gasteiger partial charge in [0, 0.05) is 6.54 Å². The number of carboxylic acid groups (broad SMARTS) is 1. The molecule has 1 aromatic rings. The van der Waals surface area contributed by atoms with Crippen molar-refractivity contribution in [3.05, 3.63) is 29.6 Å². The number of halogens is 1. The normalized spacial score (nSPS) is 17.4. The maximum Gasteiger partial charge on any atom is 0.340 e. The molecule has 0 aromatic heterocycles. The van der Waals surface area contributed by atoms with Gasteiger partial charge in [-0.15, -0.1) is 0 Å². The molecular formula is C14H17FN2O4. The van der Waals surface area contributed by atoms with E-state index in [9.17, 15) is 14.0 Å². The molecule has 1 aromatic carbocycles. The number of anilines is 1. The lowest BCUT2D eigenvalue weighted by Gasteiger charge is -2.38. The standard InChI is InChI=1S/C14H17FN2O4/c1-14(2)8-17(6-7-21-14)13(20)16-10-5-3-4-9(15)11(10)12(18)19/h3-5H,6-8H2,1-2H3,(H,16,20)(H,18,19). The number of hydrogen-bond acceptors (Lipinski definition) is 3. The van der Waals surface area contributed by atoms with E-state index in [-0.39, 0.29) is 5.69 Å². The van der Waals surface area contributed by atoms with Gasteiger partial charge in [0.1, 0.15) is 11.4 Å². The minimum Gasteiger partial charge on any atom is -0.478 e. The van der Waals surface area contributed by atoms with Crippen LogP contribution in [0.4, 0.5) is 14.9 Å². The van der Waals surface area contributed by atoms with Crippen molar-refractivity contribution < 1.29 is 23.8 Å². The van der Waals surface area contributed by atoms with Gasteiger partial charge < -0.3 is 20.1 Å². The third kappa shape index (κ3) is 3.49. The van der Waals surface area contributed by atoms with Gasteiger partial charge in [-0.05, 0) is 26.0 Å². The van der Waals surface area contributed by atoms with Crippen LogP contribution in [0, 0.1) is 5.82 Å². The van der Waals surface area contributed by atoms with Gasteiger partial charge in [0.2, 0.25) is 0 Å². The van der Waals surface area contributed by atoms with E-state index in [1.807, 2.05) is 13.8 Å². The van der Waals surface area contributed by atoms with E-state index in [1.54, 1.807) is 0 Å². The van der Waals surface area contributed by atoms with E-state index in [0.717, 1.165) is 6.07 Å². The number of urea groups is 1. The Kier molecular flexibility index (Phi) is 4.13. The highest BCUT2D eigenvalue weighted by Crippen LogP contribution is 2.21. The molecule has 1 aliphatic rings. The molecule has 2 amide bonds. The number of amides is 2. The van der Waals surface area contributed by atoms with Crippen LogP contribution in [0.1, 0.15) is 24.2 Å². The van der Waals surface area contributed by atoms with Crippen molar-refractivity contribution in [2.45, 2.75) is 19.4 Å². The first-order valence-corrected chi connectivity index (χ1v) is 6.52. The third-order valence-corrected chi connectivity index (χ3v) is 3.18. The minimum atomic E-state index is -1.43. The molecule has 0 atom stereocenters. The number of carbonyl (C=O) groups is 2. The monoisotopic (exact) mass is 296 g/mol. The molecule has 2 rings (SSSR count). The predicted octanol–water partition coefficient (Wildman–Crippen LogP) is 2.17. The van der Waals surface area contributed by atoms with Crippen molar-refractivity contribution in [2.24, 2.45) is 0 Å². The van der Waals surface area contributed by atoms with Gasteiger partial charge in [0.25, 0.3) is 0 Å². The van der Waals surface area contributed by atoms with Crippen LogP contribution in [0.5, 0.6) is 0 Å². The lowest BCUT2D eigenvalue weighted by atomic mass is 10.1. The quantitative estimate of drug-likeness (QED) is 0.876. The fourth-order valence-electron chi connectivity index (χ4n) is 2.23. The minimum absolute atomic E-state index is 0.0585. The summed E-state index contributed by atoms with van der Waals surface area (Å²) < 4.78 is 19.1. The zero-order chi connectivity index (χ0) is 15.6. The largest absolute Gasteiger partial charge is 0.478 e. The number of nitrogens with zero attached hydrogens (tertiary/aromatic N) is 1. The van der Waals surface area contributed by atoms with Gasteiger partial charge in [-0.1, -0.05) is 6.07 Å². The molecule has 0 radical (unpaired) electrons. The summed E-state index contributed by atoms with van der Waals surface area (Å²) in [6.45, 7) is 4.88. The number of carboxylic acids is 1. The Morgan fingerprint density at radius 1 is 1.43 bits per heavy atom. The Morgan fingerprint density at radius 3 is 2.76 bits per heavy atom. The fourth-order valence-corrected chi connectivity index (χ4v) is 2.23. The molecule has 0 spiro atoms. The molecule has 1 aliphatic heterocycles. The van der Waals surface area contributed by atoms with Crippen LogP contribution in [0.15, 0.2) is 18.2 Å². The van der Waals surface area contributed by atoms with Crippen molar-refractivity contribution in [3.8, 4) is 0 Å². The summed E-state index contributed by atoms with van der Waals surface area (Å²) in [6, 6.07) is 3.27. The molecule has 2 N–H and O–H groups in total. The van der Waals surface area contributed by atoms with Crippen LogP contribution in [0.25, 0.3) is 0 Å². The number of rotatable bonds is 2. The van der Waals surface area contributed by atoms with E-state index < -0.39 is 29.0 Å². The zero-order valence-electron chi connectivity index (χ0n) is 11.9. The van der Waals surface area contributed by atoms with Crippen LogP contribution in [0.2, 0.25) is 0 Å². The molecule has 7 heteroatoms. The Labute approximate surface area is 121 Å². The van der Waals surface area contributed by atoms with Crippen molar-refractivity contribution >= 4 is 17.7 Å². The average Bonchev–Trinajstić information content (AvgIpc) is 2.37. The number of aromatic carboxylic acids is 1. The highest BCUT2D eigenvalue weighted by atomic mass is 19.1. The van der Waals surface area contributed by atoms with Crippen LogP contribution in [-0.2, 0) is 4.74 Å². The predicted molar refractivity (Wildman–Crippen MR) is 74.0 cm³/mol. The summed E-state index contributed by atoms with van der Waals surface area (Å²) >= 11 is 0. The molecule has 21 heavy (non-hydrogen) atoms. The van der Waals surface area contributed by atoms with Gasteiger partial charge in [-0.2, -0.15) is 0 Å². The average molecular weight is 296 g/mol. The van der Waals surface area contributed by atoms with E-state index in [1.165, 1.54) is 17.0 Å². The summed E-state index contributed by atoms with van der Waals surface area (Å²) in [4.78, 5) is 24.8. The van der Waals surface area contributed by atoms with Crippen molar-refractivity contribution in [2.75, 3.05) is 25.0 Å². The summed E-state index contributed by atoms with van der Waals surface area (Å²) in [5.74, 6) is -2.31. The molecule has 114 valence electrons. The number of nitrogens with one attached hydrogen (secondary N) is 1. The number of benzene rings is 1. The highest BCUT2D eigenvalue weighted by Gasteiger charge is 2.30. The van der Waals surface area contributed by atoms with E-state index in [0.29, 0.717) is 19.7 Å². The molecule has 1 fully saturated rings. The smallest absolute Gasteiger partial charge is 0.340 e. The molecule has 6 nitrogen and oxygen atoms in total. The Balaban J connectivity index is 2.17. The van der Waals surface area contributed by atoms with Crippen molar-refractivity contribution in [3.63, 3.8) is 0 Å². The van der Waals surface area contributed by atoms with Crippen molar-refractivity contribution in [1.82, 2.24) is 4.90 Å². The summed E-state index contributed by atoms with van der Waals surface area (Å²) in [7, 11) is 0. The van der Waals surface area contributed by atoms with Crippen molar-refractivity contribution in [1.29, 1.82) is 0 Å². The van der Waals surface area contributed by atoms with Crippen LogP contribution < -0.4 is 5.32 Å². The number of carbonyl (C=O) groups excluding carboxylic acids is 1. The van der Waals surface area contributed by atoms with Gasteiger partial charge in [-0.25, -0.2) is 14.0 Å². The zero-order valence-corrected chi connectivity index (χ0v) is 11.9. The third-order valence-electron chi connectivity index (χ3n) is 3.18. The number of hydrogen-bond donors (Lipinski definition) is 2. The molecule has 0 bridgehead atoms. The summed E-state index contributed by atoms with van der Waals surface area (Å²) in [5, 5.41) is 11.5. The van der Waals surface area contributed by atoms with Gasteiger partial charge >= 0.3 is 12.0 Å². The van der Waals surface area contributed by atoms with Crippen LogP contribution >= 0.6 is 0 Å². The number of morpholine rings is 1. The lowest BCUT2D eigenvalue weighted by molar-refractivity contribution is -0.0720. The fraction of sp³-hybridized carbons (Fsp3) is 0.429. The lowest BCUT2D eigenvalue weighted by Crippen LogP contribution is -2.51. The Hall–Kier alpha value is -2.15.